The topological polar surface area (TPSA) is 75.3 Å². The van der Waals surface area contributed by atoms with Crippen LogP contribution >= 0.6 is 0 Å². The fourth-order valence-electron chi connectivity index (χ4n) is 2.68. The highest BCUT2D eigenvalue weighted by molar-refractivity contribution is 7.89. The lowest BCUT2D eigenvalue weighted by atomic mass is 9.87. The maximum Gasteiger partial charge on any atom is 0.240 e. The van der Waals surface area contributed by atoms with Crippen LogP contribution in [0.2, 0.25) is 0 Å². The van der Waals surface area contributed by atoms with Crippen molar-refractivity contribution in [1.29, 1.82) is 0 Å². The van der Waals surface area contributed by atoms with Crippen LogP contribution in [0.4, 0.5) is 5.69 Å². The van der Waals surface area contributed by atoms with E-state index in [2.05, 4.69) is 17.0 Å². The van der Waals surface area contributed by atoms with E-state index in [0.717, 1.165) is 19.3 Å². The van der Waals surface area contributed by atoms with Crippen LogP contribution in [0.1, 0.15) is 39.5 Å². The SMILES string of the molecule is CC(=O)Nc1ccc(S(=O)(=O)NC2CCCCC2C)cc1. The molecule has 1 aliphatic rings. The van der Waals surface area contributed by atoms with Gasteiger partial charge < -0.3 is 5.32 Å². The Bertz CT molecular complexity index is 596. The maximum absolute atomic E-state index is 12.4. The van der Waals surface area contributed by atoms with Crippen molar-refractivity contribution >= 4 is 21.6 Å². The van der Waals surface area contributed by atoms with Crippen LogP contribution in [-0.2, 0) is 14.8 Å². The third-order valence-electron chi connectivity index (χ3n) is 3.90. The van der Waals surface area contributed by atoms with Gasteiger partial charge in [-0.1, -0.05) is 19.8 Å². The summed E-state index contributed by atoms with van der Waals surface area (Å²) in [5.41, 5.74) is 0.590. The molecule has 2 atom stereocenters. The van der Waals surface area contributed by atoms with Gasteiger partial charge in [0.15, 0.2) is 0 Å². The minimum Gasteiger partial charge on any atom is -0.326 e. The maximum atomic E-state index is 12.4. The second-order valence-electron chi connectivity index (χ2n) is 5.70. The van der Waals surface area contributed by atoms with Crippen molar-refractivity contribution in [3.63, 3.8) is 0 Å². The molecule has 0 aromatic heterocycles. The number of amides is 1. The van der Waals surface area contributed by atoms with Crippen molar-refractivity contribution in [2.45, 2.75) is 50.5 Å². The largest absolute Gasteiger partial charge is 0.326 e. The molecular formula is C15H22N2O3S. The Labute approximate surface area is 126 Å². The minimum absolute atomic E-state index is 0.0128. The molecule has 2 N–H and O–H groups in total. The van der Waals surface area contributed by atoms with Crippen LogP contribution in [0.5, 0.6) is 0 Å². The molecule has 5 nitrogen and oxygen atoms in total. The molecule has 0 aliphatic heterocycles. The Kier molecular flexibility index (Phi) is 5.00. The Hall–Kier alpha value is -1.40. The van der Waals surface area contributed by atoms with Gasteiger partial charge in [0, 0.05) is 18.7 Å². The van der Waals surface area contributed by atoms with Gasteiger partial charge in [-0.2, -0.15) is 0 Å². The first kappa shape index (κ1) is 16.0. The van der Waals surface area contributed by atoms with E-state index >= 15 is 0 Å². The molecule has 0 spiro atoms. The van der Waals surface area contributed by atoms with E-state index in [1.807, 2.05) is 0 Å². The summed E-state index contributed by atoms with van der Waals surface area (Å²) in [5.74, 6) is 0.187. The number of hydrogen-bond acceptors (Lipinski definition) is 3. The van der Waals surface area contributed by atoms with E-state index < -0.39 is 10.0 Å². The standard InChI is InChI=1S/C15H22N2O3S/c1-11-5-3-4-6-15(11)17-21(19,20)14-9-7-13(8-10-14)16-12(2)18/h7-11,15,17H,3-6H2,1-2H3,(H,16,18). The van der Waals surface area contributed by atoms with Gasteiger partial charge >= 0.3 is 0 Å². The van der Waals surface area contributed by atoms with Crippen molar-refractivity contribution in [2.75, 3.05) is 5.32 Å². The molecule has 2 unspecified atom stereocenters. The zero-order valence-electron chi connectivity index (χ0n) is 12.4. The van der Waals surface area contributed by atoms with Crippen LogP contribution in [0, 0.1) is 5.92 Å². The zero-order chi connectivity index (χ0) is 15.5. The van der Waals surface area contributed by atoms with Crippen molar-refractivity contribution in [1.82, 2.24) is 4.72 Å². The summed E-state index contributed by atoms with van der Waals surface area (Å²) in [7, 11) is -3.50. The lowest BCUT2D eigenvalue weighted by Crippen LogP contribution is -2.40. The van der Waals surface area contributed by atoms with Crippen LogP contribution in [-0.4, -0.2) is 20.4 Å². The monoisotopic (exact) mass is 310 g/mol. The summed E-state index contributed by atoms with van der Waals surface area (Å²) >= 11 is 0. The summed E-state index contributed by atoms with van der Waals surface area (Å²) in [6.45, 7) is 3.50. The van der Waals surface area contributed by atoms with Crippen molar-refractivity contribution < 1.29 is 13.2 Å². The molecule has 2 rings (SSSR count). The number of rotatable bonds is 4. The molecule has 1 amide bonds. The highest BCUT2D eigenvalue weighted by Gasteiger charge is 2.26. The van der Waals surface area contributed by atoms with E-state index in [1.54, 1.807) is 12.1 Å². The number of hydrogen-bond donors (Lipinski definition) is 2. The highest BCUT2D eigenvalue weighted by atomic mass is 32.2. The summed E-state index contributed by atoms with van der Waals surface area (Å²) in [6.07, 6.45) is 4.20. The Morgan fingerprint density at radius 1 is 1.14 bits per heavy atom. The number of sulfonamides is 1. The van der Waals surface area contributed by atoms with E-state index in [4.69, 9.17) is 0 Å². The quantitative estimate of drug-likeness (QED) is 0.897. The highest BCUT2D eigenvalue weighted by Crippen LogP contribution is 2.25. The van der Waals surface area contributed by atoms with E-state index in [9.17, 15) is 13.2 Å². The van der Waals surface area contributed by atoms with Crippen LogP contribution in [0.3, 0.4) is 0 Å². The Morgan fingerprint density at radius 2 is 1.76 bits per heavy atom. The third kappa shape index (κ3) is 4.28. The molecule has 1 fully saturated rings. The average molecular weight is 310 g/mol. The molecule has 1 aromatic rings. The van der Waals surface area contributed by atoms with Gasteiger partial charge in [-0.25, -0.2) is 13.1 Å². The Balaban J connectivity index is 2.10. The second-order valence-corrected chi connectivity index (χ2v) is 7.41. The zero-order valence-corrected chi connectivity index (χ0v) is 13.2. The van der Waals surface area contributed by atoms with Gasteiger partial charge in [0.05, 0.1) is 4.90 Å². The smallest absolute Gasteiger partial charge is 0.240 e. The third-order valence-corrected chi connectivity index (χ3v) is 5.41. The fourth-order valence-corrected chi connectivity index (χ4v) is 4.06. The predicted molar refractivity (Wildman–Crippen MR) is 82.5 cm³/mol. The molecule has 21 heavy (non-hydrogen) atoms. The molecule has 0 bridgehead atoms. The van der Waals surface area contributed by atoms with Gasteiger partial charge in [-0.05, 0) is 43.0 Å². The molecular weight excluding hydrogens is 288 g/mol. The number of anilines is 1. The number of benzene rings is 1. The minimum atomic E-state index is -3.50. The summed E-state index contributed by atoms with van der Waals surface area (Å²) < 4.78 is 27.6. The van der Waals surface area contributed by atoms with E-state index in [0.29, 0.717) is 11.6 Å². The predicted octanol–water partition coefficient (Wildman–Crippen LogP) is 2.50. The first-order valence-electron chi connectivity index (χ1n) is 7.28. The molecule has 0 radical (unpaired) electrons. The molecule has 1 aromatic carbocycles. The fraction of sp³-hybridized carbons (Fsp3) is 0.533. The van der Waals surface area contributed by atoms with Crippen LogP contribution < -0.4 is 10.0 Å². The first-order valence-corrected chi connectivity index (χ1v) is 8.77. The van der Waals surface area contributed by atoms with Gasteiger partial charge in [0.1, 0.15) is 0 Å². The molecule has 0 heterocycles. The Morgan fingerprint density at radius 3 is 2.33 bits per heavy atom. The van der Waals surface area contributed by atoms with Gasteiger partial charge in [-0.15, -0.1) is 0 Å². The van der Waals surface area contributed by atoms with Crippen molar-refractivity contribution in [3.05, 3.63) is 24.3 Å². The van der Waals surface area contributed by atoms with Crippen molar-refractivity contribution in [3.8, 4) is 0 Å². The summed E-state index contributed by atoms with van der Waals surface area (Å²) in [6, 6.07) is 6.24. The number of nitrogens with one attached hydrogen (secondary N) is 2. The van der Waals surface area contributed by atoms with Crippen molar-refractivity contribution in [2.24, 2.45) is 5.92 Å². The lowest BCUT2D eigenvalue weighted by molar-refractivity contribution is -0.114. The second kappa shape index (κ2) is 6.58. The normalized spacial score (nSPS) is 22.8. The van der Waals surface area contributed by atoms with Gasteiger partial charge in [0.2, 0.25) is 15.9 Å². The van der Waals surface area contributed by atoms with Crippen LogP contribution in [0.25, 0.3) is 0 Å². The van der Waals surface area contributed by atoms with Crippen LogP contribution in [0.15, 0.2) is 29.2 Å². The van der Waals surface area contributed by atoms with Gasteiger partial charge in [-0.3, -0.25) is 4.79 Å². The summed E-state index contributed by atoms with van der Waals surface area (Å²) in [4.78, 5) is 11.2. The number of carbonyl (C=O) groups excluding carboxylic acids is 1. The lowest BCUT2D eigenvalue weighted by Gasteiger charge is -2.29. The molecule has 1 aliphatic carbocycles. The molecule has 6 heteroatoms. The van der Waals surface area contributed by atoms with E-state index in [1.165, 1.54) is 25.5 Å². The number of carbonyl (C=O) groups is 1. The molecule has 116 valence electrons. The average Bonchev–Trinajstić information content (AvgIpc) is 2.41. The first-order chi connectivity index (χ1) is 9.88. The van der Waals surface area contributed by atoms with Gasteiger partial charge in [0.25, 0.3) is 0 Å². The summed E-state index contributed by atoms with van der Waals surface area (Å²) in [5, 5.41) is 2.62. The molecule has 1 saturated carbocycles. The molecule has 0 saturated heterocycles. The van der Waals surface area contributed by atoms with E-state index in [-0.39, 0.29) is 16.8 Å².